The van der Waals surface area contributed by atoms with Gasteiger partial charge in [-0.05, 0) is 68.2 Å². The Bertz CT molecular complexity index is 372. The molecule has 0 saturated heterocycles. The second-order valence-corrected chi connectivity index (χ2v) is 6.01. The van der Waals surface area contributed by atoms with Crippen LogP contribution in [0.3, 0.4) is 0 Å². The van der Waals surface area contributed by atoms with E-state index < -0.39 is 0 Å². The van der Waals surface area contributed by atoms with Crippen molar-refractivity contribution in [3.8, 4) is 0 Å². The summed E-state index contributed by atoms with van der Waals surface area (Å²) in [5.41, 5.74) is 4.91. The third kappa shape index (κ3) is 2.71. The summed E-state index contributed by atoms with van der Waals surface area (Å²) in [6.45, 7) is 8.07. The molecular weight excluding hydrogens is 206 g/mol. The smallest absolute Gasteiger partial charge is 0.000800 e. The molecule has 1 aromatic carbocycles. The van der Waals surface area contributed by atoms with E-state index in [1.807, 2.05) is 0 Å². The van der Waals surface area contributed by atoms with Crippen LogP contribution in [0, 0.1) is 25.2 Å². The molecule has 1 unspecified atom stereocenters. The first-order chi connectivity index (χ1) is 8.07. The molecule has 0 aliphatic heterocycles. The number of rotatable bonds is 5. The van der Waals surface area contributed by atoms with Crippen molar-refractivity contribution in [3.05, 3.63) is 34.9 Å². The van der Waals surface area contributed by atoms with E-state index in [4.69, 9.17) is 0 Å². The maximum absolute atomic E-state index is 3.39. The number of benzene rings is 1. The van der Waals surface area contributed by atoms with Gasteiger partial charge in [-0.2, -0.15) is 0 Å². The monoisotopic (exact) mass is 231 g/mol. The zero-order valence-electron chi connectivity index (χ0n) is 11.6. The lowest BCUT2D eigenvalue weighted by molar-refractivity contribution is 0.262. The van der Waals surface area contributed by atoms with Gasteiger partial charge >= 0.3 is 0 Å². The van der Waals surface area contributed by atoms with E-state index in [2.05, 4.69) is 51.3 Å². The van der Waals surface area contributed by atoms with E-state index in [1.165, 1.54) is 30.4 Å². The molecule has 0 spiro atoms. The minimum absolute atomic E-state index is 0.436. The summed E-state index contributed by atoms with van der Waals surface area (Å²) in [5, 5.41) is 3.39. The van der Waals surface area contributed by atoms with E-state index in [0.29, 0.717) is 5.41 Å². The third-order valence-electron chi connectivity index (χ3n) is 4.37. The highest BCUT2D eigenvalue weighted by molar-refractivity contribution is 5.34. The zero-order valence-corrected chi connectivity index (χ0v) is 11.6. The second-order valence-electron chi connectivity index (χ2n) is 6.01. The Kier molecular flexibility index (Phi) is 3.58. The first-order valence-electron chi connectivity index (χ1n) is 6.76. The number of aryl methyl sites for hydroxylation is 2. The van der Waals surface area contributed by atoms with Crippen molar-refractivity contribution in [2.75, 3.05) is 13.6 Å². The van der Waals surface area contributed by atoms with Gasteiger partial charge < -0.3 is 5.32 Å². The van der Waals surface area contributed by atoms with Gasteiger partial charge in [-0.1, -0.05) is 25.1 Å². The van der Waals surface area contributed by atoms with Crippen LogP contribution in [0.1, 0.15) is 36.5 Å². The minimum atomic E-state index is 0.436. The van der Waals surface area contributed by atoms with Crippen LogP contribution in [0.2, 0.25) is 0 Å². The van der Waals surface area contributed by atoms with Crippen LogP contribution in [-0.2, 0) is 6.42 Å². The van der Waals surface area contributed by atoms with Crippen LogP contribution in [0.5, 0.6) is 0 Å². The molecule has 1 aromatic rings. The molecule has 0 heterocycles. The van der Waals surface area contributed by atoms with Gasteiger partial charge in [0.1, 0.15) is 0 Å². The largest absolute Gasteiger partial charge is 0.319 e. The molecule has 0 aromatic heterocycles. The summed E-state index contributed by atoms with van der Waals surface area (Å²) >= 11 is 0. The van der Waals surface area contributed by atoms with Crippen molar-refractivity contribution in [3.63, 3.8) is 0 Å². The predicted octanol–water partition coefficient (Wildman–Crippen LogP) is 3.48. The molecule has 1 saturated carbocycles. The first-order valence-corrected chi connectivity index (χ1v) is 6.76. The highest BCUT2D eigenvalue weighted by Crippen LogP contribution is 2.47. The van der Waals surface area contributed by atoms with Gasteiger partial charge in [0.2, 0.25) is 0 Å². The van der Waals surface area contributed by atoms with Gasteiger partial charge in [-0.15, -0.1) is 0 Å². The average Bonchev–Trinajstić information content (AvgIpc) is 3.08. The maximum atomic E-state index is 3.39. The Labute approximate surface area is 106 Å². The van der Waals surface area contributed by atoms with Crippen LogP contribution in [0.15, 0.2) is 18.2 Å². The van der Waals surface area contributed by atoms with Crippen molar-refractivity contribution in [2.45, 2.75) is 40.0 Å². The summed E-state index contributed by atoms with van der Waals surface area (Å²) in [6.07, 6.45) is 4.06. The number of hydrogen-bond donors (Lipinski definition) is 1. The summed E-state index contributed by atoms with van der Waals surface area (Å²) in [5.74, 6) is 0.925. The molecule has 1 N–H and O–H groups in total. The minimum Gasteiger partial charge on any atom is -0.319 e. The summed E-state index contributed by atoms with van der Waals surface area (Å²) in [6, 6.07) is 6.66. The van der Waals surface area contributed by atoms with Gasteiger partial charge in [-0.3, -0.25) is 0 Å². The van der Waals surface area contributed by atoms with Crippen LogP contribution in [0.4, 0.5) is 0 Å². The fraction of sp³-hybridized carbons (Fsp3) is 0.625. The molecule has 1 atom stereocenters. The van der Waals surface area contributed by atoms with Crippen LogP contribution >= 0.6 is 0 Å². The van der Waals surface area contributed by atoms with Gasteiger partial charge in [0, 0.05) is 6.54 Å². The Hall–Kier alpha value is -0.820. The standard InChI is InChI=1S/C16H25N/c1-12-6-5-7-13(2)15(12)10-16(3,11-17-4)14-8-9-14/h5-7,14,17H,8-11H2,1-4H3. The quantitative estimate of drug-likeness (QED) is 0.818. The molecule has 0 bridgehead atoms. The van der Waals surface area contributed by atoms with Crippen LogP contribution in [0.25, 0.3) is 0 Å². The first kappa shape index (κ1) is 12.6. The molecule has 1 fully saturated rings. The number of nitrogens with one attached hydrogen (secondary N) is 1. The molecule has 1 aliphatic rings. The molecular formula is C16H25N. The van der Waals surface area contributed by atoms with Crippen LogP contribution < -0.4 is 5.32 Å². The fourth-order valence-corrected chi connectivity index (χ4v) is 3.07. The lowest BCUT2D eigenvalue weighted by Crippen LogP contribution is -2.34. The van der Waals surface area contributed by atoms with E-state index in [-0.39, 0.29) is 0 Å². The SMILES string of the molecule is CNCC(C)(Cc1c(C)cccc1C)C1CC1. The van der Waals surface area contributed by atoms with E-state index in [0.717, 1.165) is 12.5 Å². The zero-order chi connectivity index (χ0) is 12.5. The lowest BCUT2D eigenvalue weighted by atomic mass is 9.77. The van der Waals surface area contributed by atoms with Crippen molar-refractivity contribution in [1.82, 2.24) is 5.32 Å². The van der Waals surface area contributed by atoms with Gasteiger partial charge in [0.25, 0.3) is 0 Å². The van der Waals surface area contributed by atoms with Crippen molar-refractivity contribution >= 4 is 0 Å². The highest BCUT2D eigenvalue weighted by Gasteiger charge is 2.41. The van der Waals surface area contributed by atoms with Gasteiger partial charge in [0.15, 0.2) is 0 Å². The molecule has 0 amide bonds. The molecule has 1 heteroatoms. The summed E-state index contributed by atoms with van der Waals surface area (Å²) < 4.78 is 0. The Morgan fingerprint density at radius 2 is 1.82 bits per heavy atom. The van der Waals surface area contributed by atoms with Crippen molar-refractivity contribution < 1.29 is 0 Å². The summed E-state index contributed by atoms with van der Waals surface area (Å²) in [7, 11) is 2.07. The van der Waals surface area contributed by atoms with Crippen molar-refractivity contribution in [1.29, 1.82) is 0 Å². The number of hydrogen-bond acceptors (Lipinski definition) is 1. The lowest BCUT2D eigenvalue weighted by Gasteiger charge is -2.31. The molecule has 94 valence electrons. The Morgan fingerprint density at radius 3 is 2.29 bits per heavy atom. The van der Waals surface area contributed by atoms with E-state index in [9.17, 15) is 0 Å². The van der Waals surface area contributed by atoms with Gasteiger partial charge in [-0.25, -0.2) is 0 Å². The van der Waals surface area contributed by atoms with E-state index in [1.54, 1.807) is 5.56 Å². The fourth-order valence-electron chi connectivity index (χ4n) is 3.07. The molecule has 17 heavy (non-hydrogen) atoms. The average molecular weight is 231 g/mol. The predicted molar refractivity (Wildman–Crippen MR) is 74.4 cm³/mol. The summed E-state index contributed by atoms with van der Waals surface area (Å²) in [4.78, 5) is 0. The molecule has 2 rings (SSSR count). The van der Waals surface area contributed by atoms with Gasteiger partial charge in [0.05, 0.1) is 0 Å². The highest BCUT2D eigenvalue weighted by atomic mass is 14.8. The third-order valence-corrected chi connectivity index (χ3v) is 4.37. The molecule has 1 nitrogen and oxygen atoms in total. The maximum Gasteiger partial charge on any atom is 0.000800 e. The molecule has 0 radical (unpaired) electrons. The second kappa shape index (κ2) is 4.81. The normalized spacial score (nSPS) is 19.1. The molecule has 1 aliphatic carbocycles. The topological polar surface area (TPSA) is 12.0 Å². The Balaban J connectivity index is 2.23. The van der Waals surface area contributed by atoms with E-state index >= 15 is 0 Å². The van der Waals surface area contributed by atoms with Crippen molar-refractivity contribution in [2.24, 2.45) is 11.3 Å². The van der Waals surface area contributed by atoms with Crippen LogP contribution in [-0.4, -0.2) is 13.6 Å². The Morgan fingerprint density at radius 1 is 1.24 bits per heavy atom.